The molecule has 1 aliphatic carbocycles. The lowest BCUT2D eigenvalue weighted by Gasteiger charge is -2.04. The Morgan fingerprint density at radius 2 is 1.81 bits per heavy atom. The predicted molar refractivity (Wildman–Crippen MR) is 84.3 cm³/mol. The van der Waals surface area contributed by atoms with Crippen LogP contribution in [0.25, 0.3) is 0 Å². The second-order valence-electron chi connectivity index (χ2n) is 5.23. The van der Waals surface area contributed by atoms with E-state index in [4.69, 9.17) is 0 Å². The maximum atomic E-state index is 12.1. The van der Waals surface area contributed by atoms with E-state index in [1.165, 1.54) is 22.3 Å². The van der Waals surface area contributed by atoms with Crippen LogP contribution in [0, 0.1) is 19.8 Å². The quantitative estimate of drug-likeness (QED) is 0.930. The molecule has 2 aromatic rings. The minimum atomic E-state index is -3.72. The van der Waals surface area contributed by atoms with Crippen LogP contribution in [0.15, 0.2) is 28.5 Å². The summed E-state index contributed by atoms with van der Waals surface area (Å²) in [5.41, 5.74) is 0. The maximum Gasteiger partial charge on any atom is 0.273 e. The van der Waals surface area contributed by atoms with Gasteiger partial charge in [0.1, 0.15) is 4.21 Å². The summed E-state index contributed by atoms with van der Waals surface area (Å²) in [6.45, 7) is 3.86. The molecule has 0 unspecified atom stereocenters. The molecule has 0 bridgehead atoms. The summed E-state index contributed by atoms with van der Waals surface area (Å²) in [5, 5.41) is 0. The molecule has 0 radical (unpaired) electrons. The van der Waals surface area contributed by atoms with Gasteiger partial charge >= 0.3 is 0 Å². The lowest BCUT2D eigenvalue weighted by molar-refractivity contribution is -0.120. The summed E-state index contributed by atoms with van der Waals surface area (Å²) >= 11 is 2.84. The van der Waals surface area contributed by atoms with Crippen LogP contribution in [0.5, 0.6) is 0 Å². The Kier molecular flexibility index (Phi) is 3.67. The molecule has 2 heterocycles. The molecule has 2 aromatic heterocycles. The number of amides is 1. The zero-order chi connectivity index (χ0) is 15.2. The van der Waals surface area contributed by atoms with E-state index >= 15 is 0 Å². The smallest absolute Gasteiger partial charge is 0.273 e. The van der Waals surface area contributed by atoms with Crippen LogP contribution in [0.1, 0.15) is 27.0 Å². The Bertz CT molecular complexity index is 788. The number of sulfonamides is 1. The van der Waals surface area contributed by atoms with Crippen molar-refractivity contribution in [1.29, 1.82) is 0 Å². The molecule has 1 amide bonds. The topological polar surface area (TPSA) is 63.2 Å². The number of carbonyl (C=O) groups is 1. The van der Waals surface area contributed by atoms with Crippen molar-refractivity contribution >= 4 is 38.6 Å². The van der Waals surface area contributed by atoms with Crippen molar-refractivity contribution in [2.45, 2.75) is 30.4 Å². The number of carbonyl (C=O) groups excluding carboxylic acids is 1. The highest BCUT2D eigenvalue weighted by molar-refractivity contribution is 7.92. The van der Waals surface area contributed by atoms with E-state index in [9.17, 15) is 13.2 Å². The van der Waals surface area contributed by atoms with Crippen molar-refractivity contribution in [3.63, 3.8) is 0 Å². The van der Waals surface area contributed by atoms with Gasteiger partial charge in [0.25, 0.3) is 10.0 Å². The molecule has 0 saturated heterocycles. The van der Waals surface area contributed by atoms with E-state index in [1.54, 1.807) is 17.4 Å². The second-order valence-corrected chi connectivity index (χ2v) is 9.75. The first-order valence-corrected chi connectivity index (χ1v) is 9.68. The third-order valence-corrected chi connectivity index (χ3v) is 7.44. The fourth-order valence-corrected chi connectivity index (χ4v) is 5.63. The van der Waals surface area contributed by atoms with Gasteiger partial charge in [-0.2, -0.15) is 0 Å². The van der Waals surface area contributed by atoms with Crippen LogP contribution in [-0.4, -0.2) is 14.3 Å². The Balaban J connectivity index is 1.68. The highest BCUT2D eigenvalue weighted by Gasteiger charge is 2.46. The predicted octanol–water partition coefficient (Wildman–Crippen LogP) is 3.04. The van der Waals surface area contributed by atoms with Crippen LogP contribution in [0.2, 0.25) is 0 Å². The minimum Gasteiger partial charge on any atom is -0.274 e. The van der Waals surface area contributed by atoms with E-state index in [0.717, 1.165) is 16.2 Å². The fourth-order valence-electron chi connectivity index (χ4n) is 2.27. The molecule has 7 heteroatoms. The van der Waals surface area contributed by atoms with E-state index in [0.29, 0.717) is 0 Å². The summed E-state index contributed by atoms with van der Waals surface area (Å²) in [6.07, 6.45) is 0.727. The van der Waals surface area contributed by atoms with Gasteiger partial charge in [0.2, 0.25) is 5.91 Å². The first-order valence-electron chi connectivity index (χ1n) is 6.56. The number of thiophene rings is 2. The van der Waals surface area contributed by atoms with Crippen molar-refractivity contribution in [2.24, 2.45) is 5.92 Å². The first-order chi connectivity index (χ1) is 9.87. The molecule has 0 spiro atoms. The molecular weight excluding hydrogens is 326 g/mol. The molecule has 1 saturated carbocycles. The lowest BCUT2D eigenvalue weighted by Crippen LogP contribution is -2.31. The highest BCUT2D eigenvalue weighted by Crippen LogP contribution is 2.49. The standard InChI is InChI=1S/C14H15NO3S3/c1-8-3-5-12(19-8)10-7-11(10)14(16)15-21(17,18)13-6-4-9(2)20-13/h3-6,10-11H,7H2,1-2H3,(H,15,16)/t10-,11-/m0/s1. The molecule has 1 aliphatic rings. The van der Waals surface area contributed by atoms with Gasteiger partial charge in [0.15, 0.2) is 0 Å². The third-order valence-electron chi connectivity index (χ3n) is 3.47. The van der Waals surface area contributed by atoms with Crippen LogP contribution in [-0.2, 0) is 14.8 Å². The minimum absolute atomic E-state index is 0.170. The SMILES string of the molecule is Cc1ccc([C@H]2C[C@@H]2C(=O)NS(=O)(=O)c2ccc(C)s2)s1. The molecule has 2 atom stereocenters. The molecule has 0 aromatic carbocycles. The highest BCUT2D eigenvalue weighted by atomic mass is 32.2. The van der Waals surface area contributed by atoms with Crippen LogP contribution >= 0.6 is 22.7 Å². The van der Waals surface area contributed by atoms with Gasteiger partial charge < -0.3 is 0 Å². The number of hydrogen-bond acceptors (Lipinski definition) is 5. The summed E-state index contributed by atoms with van der Waals surface area (Å²) in [7, 11) is -3.72. The molecule has 1 N–H and O–H groups in total. The van der Waals surface area contributed by atoms with Gasteiger partial charge in [-0.1, -0.05) is 0 Å². The van der Waals surface area contributed by atoms with Crippen LogP contribution in [0.3, 0.4) is 0 Å². The van der Waals surface area contributed by atoms with Crippen molar-refractivity contribution in [3.05, 3.63) is 38.9 Å². The van der Waals surface area contributed by atoms with Crippen molar-refractivity contribution in [2.75, 3.05) is 0 Å². The Hall–Kier alpha value is -1.18. The normalized spacial score (nSPS) is 21.2. The second kappa shape index (κ2) is 5.23. The number of hydrogen-bond donors (Lipinski definition) is 1. The van der Waals surface area contributed by atoms with Crippen LogP contribution < -0.4 is 4.72 Å². The zero-order valence-corrected chi connectivity index (χ0v) is 14.1. The fraction of sp³-hybridized carbons (Fsp3) is 0.357. The van der Waals surface area contributed by atoms with Gasteiger partial charge in [-0.15, -0.1) is 22.7 Å². The molecule has 112 valence electrons. The average Bonchev–Trinajstić information content (AvgIpc) is 2.89. The van der Waals surface area contributed by atoms with E-state index in [-0.39, 0.29) is 16.0 Å². The summed E-state index contributed by atoms with van der Waals surface area (Å²) in [5.74, 6) is -0.444. The zero-order valence-electron chi connectivity index (χ0n) is 11.6. The van der Waals surface area contributed by atoms with E-state index in [2.05, 4.69) is 4.72 Å². The average molecular weight is 341 g/mol. The molecule has 3 rings (SSSR count). The summed E-state index contributed by atoms with van der Waals surface area (Å²) < 4.78 is 26.6. The Labute approximate surface area is 131 Å². The number of aryl methyl sites for hydroxylation is 2. The van der Waals surface area contributed by atoms with Crippen molar-refractivity contribution in [1.82, 2.24) is 4.72 Å². The maximum absolute atomic E-state index is 12.1. The molecule has 21 heavy (non-hydrogen) atoms. The molecule has 4 nitrogen and oxygen atoms in total. The Morgan fingerprint density at radius 3 is 2.38 bits per heavy atom. The summed E-state index contributed by atoms with van der Waals surface area (Å²) in [4.78, 5) is 15.4. The van der Waals surface area contributed by atoms with Gasteiger partial charge in [0, 0.05) is 26.5 Å². The van der Waals surface area contributed by atoms with Crippen molar-refractivity contribution in [3.8, 4) is 0 Å². The van der Waals surface area contributed by atoms with Gasteiger partial charge in [-0.05, 0) is 44.5 Å². The van der Waals surface area contributed by atoms with Crippen molar-refractivity contribution < 1.29 is 13.2 Å². The van der Waals surface area contributed by atoms with E-state index < -0.39 is 15.9 Å². The summed E-state index contributed by atoms with van der Waals surface area (Å²) in [6, 6.07) is 7.31. The number of nitrogens with one attached hydrogen (secondary N) is 1. The number of rotatable bonds is 4. The molecular formula is C14H15NO3S3. The molecule has 1 fully saturated rings. The monoisotopic (exact) mass is 341 g/mol. The van der Waals surface area contributed by atoms with Gasteiger partial charge in [0.05, 0.1) is 0 Å². The Morgan fingerprint density at radius 1 is 1.14 bits per heavy atom. The van der Waals surface area contributed by atoms with Crippen LogP contribution in [0.4, 0.5) is 0 Å². The van der Waals surface area contributed by atoms with Gasteiger partial charge in [-0.3, -0.25) is 4.79 Å². The molecule has 0 aliphatic heterocycles. The van der Waals surface area contributed by atoms with Gasteiger partial charge in [-0.25, -0.2) is 13.1 Å². The first kappa shape index (κ1) is 14.7. The largest absolute Gasteiger partial charge is 0.274 e. The third kappa shape index (κ3) is 3.04. The lowest BCUT2D eigenvalue weighted by atomic mass is 10.2. The van der Waals surface area contributed by atoms with E-state index in [1.807, 2.05) is 26.0 Å².